The number of rotatable bonds is 8. The normalized spacial score (nSPS) is 13.1. The van der Waals surface area contributed by atoms with Crippen molar-refractivity contribution < 1.29 is 8.42 Å². The van der Waals surface area contributed by atoms with Crippen molar-refractivity contribution in [2.24, 2.45) is 12.0 Å². The van der Waals surface area contributed by atoms with Gasteiger partial charge in [0.25, 0.3) is 0 Å². The molecule has 8 nitrogen and oxygen atoms in total. The van der Waals surface area contributed by atoms with Gasteiger partial charge in [0.2, 0.25) is 10.0 Å². The largest absolute Gasteiger partial charge is 0.357 e. The Morgan fingerprint density at radius 3 is 2.45 bits per heavy atom. The van der Waals surface area contributed by atoms with Gasteiger partial charge in [-0.3, -0.25) is 4.68 Å². The van der Waals surface area contributed by atoms with Crippen LogP contribution >= 0.6 is 24.0 Å². The highest BCUT2D eigenvalue weighted by atomic mass is 127. The lowest BCUT2D eigenvalue weighted by Crippen LogP contribution is -2.43. The van der Waals surface area contributed by atoms with Crippen LogP contribution in [-0.4, -0.2) is 55.1 Å². The van der Waals surface area contributed by atoms with E-state index in [0.717, 1.165) is 17.8 Å². The summed E-state index contributed by atoms with van der Waals surface area (Å²) in [4.78, 5) is 4.92. The second-order valence-electron chi connectivity index (χ2n) is 7.61. The van der Waals surface area contributed by atoms with Crippen LogP contribution in [0.2, 0.25) is 0 Å². The molecule has 1 aromatic heterocycles. The van der Waals surface area contributed by atoms with Crippen LogP contribution < -0.4 is 10.6 Å². The van der Waals surface area contributed by atoms with E-state index < -0.39 is 10.0 Å². The van der Waals surface area contributed by atoms with E-state index in [1.165, 1.54) is 24.0 Å². The molecule has 2 rings (SSSR count). The summed E-state index contributed by atoms with van der Waals surface area (Å²) in [6, 6.07) is 7.11. The number of aliphatic imine (C=N–C) groups is 1. The predicted octanol–water partition coefficient (Wildman–Crippen LogP) is 2.59. The van der Waals surface area contributed by atoms with Crippen molar-refractivity contribution in [1.82, 2.24) is 24.7 Å². The summed E-state index contributed by atoms with van der Waals surface area (Å²) in [5, 5.41) is 11.2. The van der Waals surface area contributed by atoms with Gasteiger partial charge in [0.15, 0.2) is 5.96 Å². The van der Waals surface area contributed by atoms with Crippen LogP contribution in [0.3, 0.4) is 0 Å². The average Bonchev–Trinajstić information content (AvgIpc) is 2.92. The van der Waals surface area contributed by atoms with Gasteiger partial charge in [0.05, 0.1) is 17.1 Å². The van der Waals surface area contributed by atoms with E-state index in [-0.39, 0.29) is 41.5 Å². The minimum absolute atomic E-state index is 0. The van der Waals surface area contributed by atoms with Gasteiger partial charge < -0.3 is 10.6 Å². The van der Waals surface area contributed by atoms with Crippen molar-refractivity contribution in [1.29, 1.82) is 0 Å². The molecule has 0 aliphatic rings. The van der Waals surface area contributed by atoms with E-state index in [0.29, 0.717) is 18.1 Å². The fourth-order valence-electron chi connectivity index (χ4n) is 3.27. The zero-order valence-electron chi connectivity index (χ0n) is 19.4. The first-order chi connectivity index (χ1) is 14.1. The molecule has 1 aromatic carbocycles. The third kappa shape index (κ3) is 6.91. The monoisotopic (exact) mass is 562 g/mol. The number of hydrogen-bond donors (Lipinski definition) is 2. The molecule has 1 atom stereocenters. The van der Waals surface area contributed by atoms with Crippen molar-refractivity contribution in [2.45, 2.75) is 51.6 Å². The van der Waals surface area contributed by atoms with Crippen molar-refractivity contribution in [3.8, 4) is 0 Å². The molecule has 0 spiro atoms. The molecule has 10 heteroatoms. The summed E-state index contributed by atoms with van der Waals surface area (Å²) >= 11 is 0. The number of benzene rings is 1. The van der Waals surface area contributed by atoms with Crippen LogP contribution in [0.4, 0.5) is 0 Å². The zero-order valence-corrected chi connectivity index (χ0v) is 22.6. The zero-order chi connectivity index (χ0) is 22.5. The molecule has 174 valence electrons. The standard InChI is InChI=1S/C21H34N6O2S.HI/c1-8-22-21(24-15(2)13-19-16(3)25-27(7)17(19)4)23-14-18-11-9-10-12-20(18)30(28,29)26(5)6;/h9-12,15H,8,13-14H2,1-7H3,(H2,22,23,24);1H. The molecular formula is C21H35IN6O2S. The molecule has 0 radical (unpaired) electrons. The Morgan fingerprint density at radius 1 is 1.26 bits per heavy atom. The van der Waals surface area contributed by atoms with E-state index in [1.807, 2.05) is 31.6 Å². The second-order valence-corrected chi connectivity index (χ2v) is 9.73. The Hall–Kier alpha value is -1.66. The van der Waals surface area contributed by atoms with Gasteiger partial charge in [-0.25, -0.2) is 17.7 Å². The molecule has 1 heterocycles. The topological polar surface area (TPSA) is 91.6 Å². The number of sulfonamides is 1. The van der Waals surface area contributed by atoms with Crippen LogP contribution in [0.5, 0.6) is 0 Å². The van der Waals surface area contributed by atoms with Gasteiger partial charge in [-0.05, 0) is 51.3 Å². The Labute approximate surface area is 203 Å². The van der Waals surface area contributed by atoms with E-state index in [1.54, 1.807) is 18.2 Å². The number of hydrogen-bond acceptors (Lipinski definition) is 4. The first-order valence-corrected chi connectivity index (χ1v) is 11.6. The van der Waals surface area contributed by atoms with Crippen molar-refractivity contribution in [3.05, 3.63) is 46.8 Å². The molecule has 0 aliphatic heterocycles. The van der Waals surface area contributed by atoms with Crippen LogP contribution in [0, 0.1) is 13.8 Å². The molecular weight excluding hydrogens is 527 g/mol. The Morgan fingerprint density at radius 2 is 1.90 bits per heavy atom. The van der Waals surface area contributed by atoms with Crippen LogP contribution in [0.25, 0.3) is 0 Å². The molecule has 0 amide bonds. The molecule has 0 saturated heterocycles. The first kappa shape index (κ1) is 27.4. The highest BCUT2D eigenvalue weighted by molar-refractivity contribution is 14.0. The number of aromatic nitrogens is 2. The number of halogens is 1. The number of aryl methyl sites for hydroxylation is 2. The van der Waals surface area contributed by atoms with Crippen LogP contribution in [0.1, 0.15) is 36.4 Å². The lowest BCUT2D eigenvalue weighted by atomic mass is 10.1. The molecule has 2 N–H and O–H groups in total. The lowest BCUT2D eigenvalue weighted by molar-refractivity contribution is 0.519. The average molecular weight is 563 g/mol. The number of nitrogens with zero attached hydrogens (tertiary/aromatic N) is 4. The van der Waals surface area contributed by atoms with Gasteiger partial charge in [-0.1, -0.05) is 18.2 Å². The summed E-state index contributed by atoms with van der Waals surface area (Å²) in [6.07, 6.45) is 0.821. The van der Waals surface area contributed by atoms with Gasteiger partial charge >= 0.3 is 0 Å². The van der Waals surface area contributed by atoms with Crippen molar-refractivity contribution >= 4 is 40.0 Å². The summed E-state index contributed by atoms with van der Waals surface area (Å²) < 4.78 is 28.3. The fourth-order valence-corrected chi connectivity index (χ4v) is 4.38. The lowest BCUT2D eigenvalue weighted by Gasteiger charge is -2.19. The van der Waals surface area contributed by atoms with Crippen LogP contribution in [0.15, 0.2) is 34.2 Å². The van der Waals surface area contributed by atoms with E-state index >= 15 is 0 Å². The third-order valence-corrected chi connectivity index (χ3v) is 6.95. The third-order valence-electron chi connectivity index (χ3n) is 5.04. The maximum absolute atomic E-state index is 12.6. The minimum Gasteiger partial charge on any atom is -0.357 e. The molecule has 0 bridgehead atoms. The SMILES string of the molecule is CCNC(=NCc1ccccc1S(=O)(=O)N(C)C)NC(C)Cc1c(C)nn(C)c1C.I. The molecule has 31 heavy (non-hydrogen) atoms. The number of nitrogens with one attached hydrogen (secondary N) is 2. The fraction of sp³-hybridized carbons (Fsp3) is 0.524. The van der Waals surface area contributed by atoms with Gasteiger partial charge in [-0.15, -0.1) is 24.0 Å². The molecule has 2 aromatic rings. The second kappa shape index (κ2) is 11.8. The van der Waals surface area contributed by atoms with E-state index in [9.17, 15) is 8.42 Å². The maximum atomic E-state index is 12.6. The Bertz CT molecular complexity index is 1000. The van der Waals surface area contributed by atoms with Crippen molar-refractivity contribution in [3.63, 3.8) is 0 Å². The minimum atomic E-state index is -3.52. The summed E-state index contributed by atoms with van der Waals surface area (Å²) in [5.41, 5.74) is 4.09. The number of guanidine groups is 1. The predicted molar refractivity (Wildman–Crippen MR) is 137 cm³/mol. The molecule has 0 aliphatic carbocycles. The van der Waals surface area contributed by atoms with E-state index in [2.05, 4.69) is 34.6 Å². The van der Waals surface area contributed by atoms with Gasteiger partial charge in [0, 0.05) is 39.4 Å². The van der Waals surface area contributed by atoms with Crippen LogP contribution in [-0.2, 0) is 30.0 Å². The molecule has 1 unspecified atom stereocenters. The van der Waals surface area contributed by atoms with Crippen molar-refractivity contribution in [2.75, 3.05) is 20.6 Å². The van der Waals surface area contributed by atoms with E-state index in [4.69, 9.17) is 0 Å². The highest BCUT2D eigenvalue weighted by Crippen LogP contribution is 2.19. The van der Waals surface area contributed by atoms with Gasteiger partial charge in [0.1, 0.15) is 0 Å². The highest BCUT2D eigenvalue weighted by Gasteiger charge is 2.20. The Kier molecular flexibility index (Phi) is 10.4. The maximum Gasteiger partial charge on any atom is 0.242 e. The first-order valence-electron chi connectivity index (χ1n) is 10.1. The van der Waals surface area contributed by atoms with Gasteiger partial charge in [-0.2, -0.15) is 5.10 Å². The molecule has 0 saturated carbocycles. The smallest absolute Gasteiger partial charge is 0.242 e. The Balaban J connectivity index is 0.00000480. The summed E-state index contributed by atoms with van der Waals surface area (Å²) in [6.45, 7) is 9.17. The summed E-state index contributed by atoms with van der Waals surface area (Å²) in [5.74, 6) is 0.654. The quantitative estimate of drug-likeness (QED) is 0.293. The summed E-state index contributed by atoms with van der Waals surface area (Å²) in [7, 11) is 1.49. The molecule has 0 fully saturated rings.